The van der Waals surface area contributed by atoms with Crippen molar-refractivity contribution in [3.05, 3.63) is 112 Å². The van der Waals surface area contributed by atoms with E-state index in [4.69, 9.17) is 5.11 Å². The maximum absolute atomic E-state index is 13.9. The van der Waals surface area contributed by atoms with Crippen molar-refractivity contribution in [1.29, 1.82) is 0 Å². The van der Waals surface area contributed by atoms with Crippen molar-refractivity contribution in [3.63, 3.8) is 0 Å². The Morgan fingerprint density at radius 1 is 1.03 bits per heavy atom. The van der Waals surface area contributed by atoms with Crippen molar-refractivity contribution in [2.45, 2.75) is 32.7 Å². The Kier molecular flexibility index (Phi) is 7.05. The number of aryl methyl sites for hydroxylation is 2. The molecule has 1 atom stereocenters. The van der Waals surface area contributed by atoms with Crippen molar-refractivity contribution in [2.75, 3.05) is 13.1 Å². The third-order valence-electron chi connectivity index (χ3n) is 6.52. The van der Waals surface area contributed by atoms with Gasteiger partial charge in [-0.15, -0.1) is 0 Å². The zero-order valence-electron chi connectivity index (χ0n) is 19.2. The fraction of sp³-hybridized carbons (Fsp3) is 0.276. The van der Waals surface area contributed by atoms with Crippen molar-refractivity contribution >= 4 is 12.0 Å². The molecule has 1 N–H and O–H groups in total. The topological polar surface area (TPSA) is 40.5 Å². The number of carbonyl (C=O) groups is 1. The van der Waals surface area contributed by atoms with E-state index >= 15 is 0 Å². The van der Waals surface area contributed by atoms with Crippen molar-refractivity contribution in [1.82, 2.24) is 4.90 Å². The Labute approximate surface area is 195 Å². The minimum absolute atomic E-state index is 0.0662. The highest BCUT2D eigenvalue weighted by Gasteiger charge is 2.32. The van der Waals surface area contributed by atoms with E-state index in [1.165, 1.54) is 28.3 Å². The molecule has 0 saturated carbocycles. The third kappa shape index (κ3) is 5.96. The molecule has 0 radical (unpaired) electrons. The van der Waals surface area contributed by atoms with E-state index in [1.807, 2.05) is 6.07 Å². The predicted molar refractivity (Wildman–Crippen MR) is 131 cm³/mol. The third-order valence-corrected chi connectivity index (χ3v) is 6.52. The number of nitrogens with zero attached hydrogens (tertiary/aromatic N) is 1. The standard InChI is InChI=1S/C29H30FNO2/c1-20-6-7-24(14-21(20)2)15-26(25-4-3-5-28(30)16-25)13-12-22-8-10-23(11-9-22)17-31-18-27(19-31)29(32)33/h3-14,16,26-27H,15,17-19H2,1-2H3,(H,32,33). The van der Waals surface area contributed by atoms with Gasteiger partial charge in [0, 0.05) is 25.6 Å². The summed E-state index contributed by atoms with van der Waals surface area (Å²) < 4.78 is 13.9. The van der Waals surface area contributed by atoms with Crippen LogP contribution in [-0.4, -0.2) is 29.1 Å². The normalized spacial score (nSPS) is 15.5. The van der Waals surface area contributed by atoms with E-state index in [0.717, 1.165) is 24.1 Å². The Hall–Kier alpha value is -3.24. The fourth-order valence-electron chi connectivity index (χ4n) is 4.29. The Bertz CT molecular complexity index is 1150. The molecule has 1 aliphatic heterocycles. The monoisotopic (exact) mass is 443 g/mol. The summed E-state index contributed by atoms with van der Waals surface area (Å²) in [6.07, 6.45) is 5.06. The second-order valence-electron chi connectivity index (χ2n) is 9.11. The molecule has 1 fully saturated rings. The molecule has 33 heavy (non-hydrogen) atoms. The van der Waals surface area contributed by atoms with Crippen LogP contribution in [0.4, 0.5) is 4.39 Å². The maximum Gasteiger partial charge on any atom is 0.309 e. The average Bonchev–Trinajstić information content (AvgIpc) is 2.76. The molecule has 1 heterocycles. The molecule has 170 valence electrons. The molecule has 0 bridgehead atoms. The molecule has 0 spiro atoms. The lowest BCUT2D eigenvalue weighted by molar-refractivity contribution is -0.147. The number of hydrogen-bond acceptors (Lipinski definition) is 2. The molecular weight excluding hydrogens is 413 g/mol. The molecule has 3 nitrogen and oxygen atoms in total. The van der Waals surface area contributed by atoms with Crippen LogP contribution in [0.1, 0.15) is 39.3 Å². The van der Waals surface area contributed by atoms with E-state index in [0.29, 0.717) is 13.1 Å². The van der Waals surface area contributed by atoms with Crippen LogP contribution in [0, 0.1) is 25.6 Å². The number of benzene rings is 3. The average molecular weight is 444 g/mol. The number of aliphatic carboxylic acids is 1. The Morgan fingerprint density at radius 3 is 2.42 bits per heavy atom. The number of allylic oxidation sites excluding steroid dienone is 1. The van der Waals surface area contributed by atoms with Crippen LogP contribution in [0.25, 0.3) is 6.08 Å². The van der Waals surface area contributed by atoms with Gasteiger partial charge in [-0.05, 0) is 65.8 Å². The van der Waals surface area contributed by atoms with Crippen LogP contribution in [0.2, 0.25) is 0 Å². The minimum Gasteiger partial charge on any atom is -0.481 e. The molecule has 1 aliphatic rings. The van der Waals surface area contributed by atoms with Crippen LogP contribution >= 0.6 is 0 Å². The van der Waals surface area contributed by atoms with Crippen LogP contribution in [0.15, 0.2) is 72.8 Å². The first-order chi connectivity index (χ1) is 15.9. The zero-order chi connectivity index (χ0) is 23.4. The summed E-state index contributed by atoms with van der Waals surface area (Å²) in [6, 6.07) is 21.7. The number of rotatable bonds is 8. The highest BCUT2D eigenvalue weighted by atomic mass is 19.1. The van der Waals surface area contributed by atoms with Crippen LogP contribution in [0.3, 0.4) is 0 Å². The maximum atomic E-state index is 13.9. The lowest BCUT2D eigenvalue weighted by atomic mass is 9.90. The van der Waals surface area contributed by atoms with Crippen molar-refractivity contribution in [2.24, 2.45) is 5.92 Å². The first-order valence-electron chi connectivity index (χ1n) is 11.4. The van der Waals surface area contributed by atoms with Gasteiger partial charge >= 0.3 is 5.97 Å². The summed E-state index contributed by atoms with van der Waals surface area (Å²) >= 11 is 0. The quantitative estimate of drug-likeness (QED) is 0.464. The second kappa shape index (κ2) is 10.1. The van der Waals surface area contributed by atoms with Gasteiger partial charge in [0.15, 0.2) is 0 Å². The summed E-state index contributed by atoms with van der Waals surface area (Å²) in [5, 5.41) is 9.02. The van der Waals surface area contributed by atoms with Gasteiger partial charge in [-0.1, -0.05) is 66.7 Å². The van der Waals surface area contributed by atoms with Gasteiger partial charge in [0.25, 0.3) is 0 Å². The largest absolute Gasteiger partial charge is 0.481 e. The minimum atomic E-state index is -0.708. The van der Waals surface area contributed by atoms with E-state index in [-0.39, 0.29) is 17.7 Å². The van der Waals surface area contributed by atoms with E-state index in [2.05, 4.69) is 73.4 Å². The highest BCUT2D eigenvalue weighted by Crippen LogP contribution is 2.26. The van der Waals surface area contributed by atoms with Crippen molar-refractivity contribution < 1.29 is 14.3 Å². The van der Waals surface area contributed by atoms with Crippen molar-refractivity contribution in [3.8, 4) is 0 Å². The van der Waals surface area contributed by atoms with Gasteiger partial charge in [-0.25, -0.2) is 4.39 Å². The first-order valence-corrected chi connectivity index (χ1v) is 11.4. The summed E-state index contributed by atoms with van der Waals surface area (Å²) in [7, 11) is 0. The summed E-state index contributed by atoms with van der Waals surface area (Å²) in [6.45, 7) is 6.23. The molecule has 3 aromatic rings. The molecule has 4 heteroatoms. The van der Waals surface area contributed by atoms with E-state index < -0.39 is 5.97 Å². The molecule has 1 unspecified atom stereocenters. The molecule has 0 aliphatic carbocycles. The SMILES string of the molecule is Cc1ccc(CC(C=Cc2ccc(CN3CC(C(=O)O)C3)cc2)c2cccc(F)c2)cc1C. The molecule has 0 aromatic heterocycles. The molecule has 1 saturated heterocycles. The lowest BCUT2D eigenvalue weighted by Gasteiger charge is -2.36. The summed E-state index contributed by atoms with van der Waals surface area (Å²) in [5.74, 6) is -1.09. The Balaban J connectivity index is 1.46. The van der Waals surface area contributed by atoms with Crippen LogP contribution in [-0.2, 0) is 17.8 Å². The fourth-order valence-corrected chi connectivity index (χ4v) is 4.29. The van der Waals surface area contributed by atoms with Gasteiger partial charge < -0.3 is 5.11 Å². The van der Waals surface area contributed by atoms with E-state index in [1.54, 1.807) is 12.1 Å². The van der Waals surface area contributed by atoms with Gasteiger partial charge in [-0.3, -0.25) is 9.69 Å². The summed E-state index contributed by atoms with van der Waals surface area (Å²) in [5.41, 5.74) is 7.00. The number of carboxylic acids is 1. The van der Waals surface area contributed by atoms with E-state index in [9.17, 15) is 9.18 Å². The first kappa shape index (κ1) is 22.9. The number of carboxylic acid groups (broad SMARTS) is 1. The van der Waals surface area contributed by atoms with Gasteiger partial charge in [0.05, 0.1) is 5.92 Å². The number of halogens is 1. The van der Waals surface area contributed by atoms with Crippen LogP contribution < -0.4 is 0 Å². The molecule has 3 aromatic carbocycles. The van der Waals surface area contributed by atoms with Gasteiger partial charge in [0.1, 0.15) is 5.82 Å². The molecular formula is C29H30FNO2. The Morgan fingerprint density at radius 2 is 1.76 bits per heavy atom. The van der Waals surface area contributed by atoms with Crippen LogP contribution in [0.5, 0.6) is 0 Å². The molecule has 4 rings (SSSR count). The summed E-state index contributed by atoms with van der Waals surface area (Å²) in [4.78, 5) is 13.1. The number of likely N-dealkylation sites (tertiary alicyclic amines) is 1. The van der Waals surface area contributed by atoms with Gasteiger partial charge in [-0.2, -0.15) is 0 Å². The molecule has 0 amide bonds. The van der Waals surface area contributed by atoms with Gasteiger partial charge in [0.2, 0.25) is 0 Å². The number of hydrogen-bond donors (Lipinski definition) is 1. The smallest absolute Gasteiger partial charge is 0.309 e. The highest BCUT2D eigenvalue weighted by molar-refractivity contribution is 5.71. The lowest BCUT2D eigenvalue weighted by Crippen LogP contribution is -2.49. The zero-order valence-corrected chi connectivity index (χ0v) is 19.2. The second-order valence-corrected chi connectivity index (χ2v) is 9.11. The predicted octanol–water partition coefficient (Wildman–Crippen LogP) is 6.00.